The van der Waals surface area contributed by atoms with Gasteiger partial charge in [0.2, 0.25) is 0 Å². The van der Waals surface area contributed by atoms with Gasteiger partial charge in [-0.3, -0.25) is 9.69 Å². The zero-order valence-electron chi connectivity index (χ0n) is 14.5. The van der Waals surface area contributed by atoms with Crippen LogP contribution in [0, 0.1) is 11.6 Å². The second-order valence-electron chi connectivity index (χ2n) is 6.43. The fourth-order valence-corrected chi connectivity index (χ4v) is 4.00. The number of nitrogens with zero attached hydrogens (tertiary/aromatic N) is 1. The van der Waals surface area contributed by atoms with Gasteiger partial charge in [0.25, 0.3) is 0 Å². The molecular weight excluding hydrogens is 356 g/mol. The number of hydrogen-bond donors (Lipinski definition) is 1. The Morgan fingerprint density at radius 1 is 1.19 bits per heavy atom. The number of thioether (sulfide) groups is 1. The molecule has 2 unspecified atom stereocenters. The fourth-order valence-electron chi connectivity index (χ4n) is 3.59. The summed E-state index contributed by atoms with van der Waals surface area (Å²) in [5, 5.41) is 9.65. The van der Waals surface area contributed by atoms with E-state index in [0.717, 1.165) is 29.4 Å². The average Bonchev–Trinajstić information content (AvgIpc) is 2.64. The first-order chi connectivity index (χ1) is 12.5. The number of benzene rings is 2. The van der Waals surface area contributed by atoms with Crippen molar-refractivity contribution in [2.24, 2.45) is 0 Å². The van der Waals surface area contributed by atoms with Crippen LogP contribution in [-0.2, 0) is 4.79 Å². The molecule has 1 heterocycles. The van der Waals surface area contributed by atoms with E-state index in [9.17, 15) is 18.7 Å². The summed E-state index contributed by atoms with van der Waals surface area (Å²) < 4.78 is 28.0. The number of piperidine rings is 1. The third-order valence-electron chi connectivity index (χ3n) is 4.85. The zero-order valence-corrected chi connectivity index (χ0v) is 15.3. The van der Waals surface area contributed by atoms with E-state index in [4.69, 9.17) is 0 Å². The third kappa shape index (κ3) is 3.91. The third-order valence-corrected chi connectivity index (χ3v) is 5.59. The number of rotatable bonds is 5. The first-order valence-corrected chi connectivity index (χ1v) is 9.81. The molecule has 2 atom stereocenters. The summed E-state index contributed by atoms with van der Waals surface area (Å²) in [4.78, 5) is 14.7. The Morgan fingerprint density at radius 2 is 1.92 bits per heavy atom. The van der Waals surface area contributed by atoms with Gasteiger partial charge in [-0.05, 0) is 49.4 Å². The van der Waals surface area contributed by atoms with Gasteiger partial charge < -0.3 is 5.11 Å². The number of carboxylic acid groups (broad SMARTS) is 1. The van der Waals surface area contributed by atoms with Gasteiger partial charge in [0, 0.05) is 16.5 Å². The van der Waals surface area contributed by atoms with Crippen LogP contribution in [0.5, 0.6) is 0 Å². The molecule has 0 saturated carbocycles. The molecule has 1 aliphatic heterocycles. The van der Waals surface area contributed by atoms with Crippen LogP contribution < -0.4 is 0 Å². The molecule has 0 radical (unpaired) electrons. The minimum Gasteiger partial charge on any atom is -0.480 e. The average molecular weight is 377 g/mol. The van der Waals surface area contributed by atoms with E-state index >= 15 is 0 Å². The minimum absolute atomic E-state index is 0.302. The number of halogens is 2. The monoisotopic (exact) mass is 377 g/mol. The molecule has 3 rings (SSSR count). The Balaban J connectivity index is 2.09. The molecule has 6 heteroatoms. The largest absolute Gasteiger partial charge is 0.480 e. The van der Waals surface area contributed by atoms with E-state index in [2.05, 4.69) is 0 Å². The number of carbonyl (C=O) groups is 1. The first-order valence-electron chi connectivity index (χ1n) is 8.58. The zero-order chi connectivity index (χ0) is 18.7. The van der Waals surface area contributed by atoms with Gasteiger partial charge >= 0.3 is 5.97 Å². The molecule has 0 amide bonds. The summed E-state index contributed by atoms with van der Waals surface area (Å²) in [5.74, 6) is -2.20. The number of hydrogen-bond acceptors (Lipinski definition) is 3. The van der Waals surface area contributed by atoms with Crippen molar-refractivity contribution < 1.29 is 18.7 Å². The maximum atomic E-state index is 14.6. The lowest BCUT2D eigenvalue weighted by Gasteiger charge is -2.39. The lowest BCUT2D eigenvalue weighted by molar-refractivity contribution is -0.145. The van der Waals surface area contributed by atoms with Gasteiger partial charge in [-0.1, -0.05) is 24.6 Å². The molecule has 0 spiro atoms. The normalized spacial score (nSPS) is 19.3. The molecule has 0 bridgehead atoms. The van der Waals surface area contributed by atoms with Crippen LogP contribution in [0.1, 0.15) is 36.4 Å². The number of carboxylic acids is 1. The summed E-state index contributed by atoms with van der Waals surface area (Å²) >= 11 is 1.60. The summed E-state index contributed by atoms with van der Waals surface area (Å²) in [6.45, 7) is 0.558. The summed E-state index contributed by atoms with van der Waals surface area (Å²) in [7, 11) is 0. The number of aliphatic carboxylic acids is 1. The van der Waals surface area contributed by atoms with Crippen molar-refractivity contribution in [2.75, 3.05) is 12.8 Å². The van der Waals surface area contributed by atoms with Gasteiger partial charge in [-0.25, -0.2) is 8.78 Å². The molecule has 0 aliphatic carbocycles. The van der Waals surface area contributed by atoms with E-state index in [0.29, 0.717) is 18.5 Å². The lowest BCUT2D eigenvalue weighted by Crippen LogP contribution is -2.47. The minimum atomic E-state index is -0.905. The maximum Gasteiger partial charge on any atom is 0.320 e. The smallest absolute Gasteiger partial charge is 0.320 e. The topological polar surface area (TPSA) is 40.5 Å². The predicted molar refractivity (Wildman–Crippen MR) is 98.4 cm³/mol. The highest BCUT2D eigenvalue weighted by molar-refractivity contribution is 7.98. The molecule has 3 nitrogen and oxygen atoms in total. The Hall–Kier alpha value is -1.92. The highest BCUT2D eigenvalue weighted by atomic mass is 32.2. The molecule has 1 fully saturated rings. The maximum absolute atomic E-state index is 14.6. The van der Waals surface area contributed by atoms with Crippen LogP contribution >= 0.6 is 11.8 Å². The first kappa shape index (κ1) is 18.9. The van der Waals surface area contributed by atoms with E-state index in [1.54, 1.807) is 11.8 Å². The Kier molecular flexibility index (Phi) is 5.94. The SMILES string of the molecule is CSc1ccc(C(c2ccc(F)cc2F)N2CCCCC2C(=O)O)cc1. The predicted octanol–water partition coefficient (Wildman–Crippen LogP) is 4.72. The molecule has 26 heavy (non-hydrogen) atoms. The second kappa shape index (κ2) is 8.18. The van der Waals surface area contributed by atoms with Gasteiger partial charge in [0.1, 0.15) is 17.7 Å². The van der Waals surface area contributed by atoms with Crippen LogP contribution in [-0.4, -0.2) is 34.8 Å². The second-order valence-corrected chi connectivity index (χ2v) is 7.31. The molecule has 1 N–H and O–H groups in total. The summed E-state index contributed by atoms with van der Waals surface area (Å²) in [6.07, 6.45) is 4.18. The van der Waals surface area contributed by atoms with Crippen LogP contribution in [0.2, 0.25) is 0 Å². The van der Waals surface area contributed by atoms with Gasteiger partial charge in [-0.15, -0.1) is 11.8 Å². The molecular formula is C20H21F2NO2S. The summed E-state index contributed by atoms with van der Waals surface area (Å²) in [5.41, 5.74) is 1.11. The highest BCUT2D eigenvalue weighted by Gasteiger charge is 2.36. The number of likely N-dealkylation sites (tertiary alicyclic amines) is 1. The molecule has 138 valence electrons. The van der Waals surface area contributed by atoms with Crippen LogP contribution in [0.25, 0.3) is 0 Å². The Morgan fingerprint density at radius 3 is 2.54 bits per heavy atom. The van der Waals surface area contributed by atoms with Crippen LogP contribution in [0.3, 0.4) is 0 Å². The van der Waals surface area contributed by atoms with Crippen molar-refractivity contribution in [1.82, 2.24) is 4.90 Å². The molecule has 1 saturated heterocycles. The van der Waals surface area contributed by atoms with Crippen molar-refractivity contribution in [1.29, 1.82) is 0 Å². The van der Waals surface area contributed by atoms with Gasteiger partial charge in [-0.2, -0.15) is 0 Å². The van der Waals surface area contributed by atoms with Crippen molar-refractivity contribution in [2.45, 2.75) is 36.2 Å². The highest BCUT2D eigenvalue weighted by Crippen LogP contribution is 2.36. The quantitative estimate of drug-likeness (QED) is 0.766. The Bertz CT molecular complexity index is 782. The molecule has 2 aromatic carbocycles. The van der Waals surface area contributed by atoms with E-state index in [-0.39, 0.29) is 0 Å². The van der Waals surface area contributed by atoms with Crippen LogP contribution in [0.4, 0.5) is 8.78 Å². The fraction of sp³-hybridized carbons (Fsp3) is 0.350. The van der Waals surface area contributed by atoms with Gasteiger partial charge in [0.05, 0.1) is 6.04 Å². The Labute approximate surface area is 156 Å². The van der Waals surface area contributed by atoms with E-state index in [1.165, 1.54) is 12.1 Å². The van der Waals surface area contributed by atoms with E-state index in [1.807, 2.05) is 35.4 Å². The van der Waals surface area contributed by atoms with E-state index < -0.39 is 29.7 Å². The standard InChI is InChI=1S/C20H21F2NO2S/c1-26-15-8-5-13(6-9-15)19(16-10-7-14(21)12-17(16)22)23-11-3-2-4-18(23)20(24)25/h5-10,12,18-19H,2-4,11H2,1H3,(H,24,25). The van der Waals surface area contributed by atoms with Gasteiger partial charge in [0.15, 0.2) is 0 Å². The molecule has 0 aromatic heterocycles. The molecule has 2 aromatic rings. The van der Waals surface area contributed by atoms with Crippen molar-refractivity contribution in [3.63, 3.8) is 0 Å². The molecule has 1 aliphatic rings. The lowest BCUT2D eigenvalue weighted by atomic mass is 9.91. The van der Waals surface area contributed by atoms with Crippen molar-refractivity contribution >= 4 is 17.7 Å². The van der Waals surface area contributed by atoms with Crippen LogP contribution in [0.15, 0.2) is 47.4 Å². The summed E-state index contributed by atoms with van der Waals surface area (Å²) in [6, 6.07) is 9.93. The van der Waals surface area contributed by atoms with Crippen molar-refractivity contribution in [3.8, 4) is 0 Å². The van der Waals surface area contributed by atoms with Crippen molar-refractivity contribution in [3.05, 3.63) is 65.2 Å².